The maximum Gasteiger partial charge on any atom is 0.259 e. The van der Waals surface area contributed by atoms with Crippen molar-refractivity contribution < 1.29 is 4.79 Å². The number of carbonyl (C=O) groups is 1. The summed E-state index contributed by atoms with van der Waals surface area (Å²) in [5, 5.41) is 7.09. The standard InChI is InChI=1S/C13H15N3O/c1-3-16-9-12(10(2)15-16)13(17)14-11-7-5-4-6-8-11/h4-9H,3H2,1-2H3,(H,14,17). The molecule has 17 heavy (non-hydrogen) atoms. The molecule has 4 heteroatoms. The van der Waals surface area contributed by atoms with Crippen molar-refractivity contribution in [3.05, 3.63) is 47.8 Å². The van der Waals surface area contributed by atoms with Crippen LogP contribution in [0.4, 0.5) is 5.69 Å². The molecular formula is C13H15N3O. The van der Waals surface area contributed by atoms with Gasteiger partial charge in [0.15, 0.2) is 0 Å². The second-order valence-corrected chi connectivity index (χ2v) is 3.80. The number of hydrogen-bond donors (Lipinski definition) is 1. The van der Waals surface area contributed by atoms with Gasteiger partial charge in [0.25, 0.3) is 5.91 Å². The minimum absolute atomic E-state index is 0.117. The maximum atomic E-state index is 12.0. The Labute approximate surface area is 100 Å². The fourth-order valence-electron chi connectivity index (χ4n) is 1.62. The van der Waals surface area contributed by atoms with E-state index in [2.05, 4.69) is 10.4 Å². The second kappa shape index (κ2) is 4.82. The van der Waals surface area contributed by atoms with Gasteiger partial charge in [-0.1, -0.05) is 18.2 Å². The van der Waals surface area contributed by atoms with E-state index < -0.39 is 0 Å². The third-order valence-electron chi connectivity index (χ3n) is 2.55. The fourth-order valence-corrected chi connectivity index (χ4v) is 1.62. The molecule has 0 atom stereocenters. The van der Waals surface area contributed by atoms with Crippen molar-refractivity contribution in [3.8, 4) is 0 Å². The summed E-state index contributed by atoms with van der Waals surface area (Å²) in [4.78, 5) is 12.0. The van der Waals surface area contributed by atoms with Crippen LogP contribution >= 0.6 is 0 Å². The molecule has 0 saturated heterocycles. The summed E-state index contributed by atoms with van der Waals surface area (Å²) >= 11 is 0. The van der Waals surface area contributed by atoms with E-state index >= 15 is 0 Å². The zero-order valence-corrected chi connectivity index (χ0v) is 9.97. The predicted octanol–water partition coefficient (Wildman–Crippen LogP) is 2.46. The predicted molar refractivity (Wildman–Crippen MR) is 67.0 cm³/mol. The van der Waals surface area contributed by atoms with Gasteiger partial charge < -0.3 is 5.32 Å². The number of amides is 1. The van der Waals surface area contributed by atoms with Crippen LogP contribution in [0.5, 0.6) is 0 Å². The normalized spacial score (nSPS) is 10.2. The SMILES string of the molecule is CCn1cc(C(=O)Nc2ccccc2)c(C)n1. The van der Waals surface area contributed by atoms with Crippen LogP contribution in [0.15, 0.2) is 36.5 Å². The summed E-state index contributed by atoms with van der Waals surface area (Å²) in [6.45, 7) is 4.59. The summed E-state index contributed by atoms with van der Waals surface area (Å²) in [6.07, 6.45) is 1.77. The van der Waals surface area contributed by atoms with Gasteiger partial charge >= 0.3 is 0 Å². The number of benzene rings is 1. The van der Waals surface area contributed by atoms with Crippen molar-refractivity contribution >= 4 is 11.6 Å². The summed E-state index contributed by atoms with van der Waals surface area (Å²) in [6, 6.07) is 9.40. The monoisotopic (exact) mass is 229 g/mol. The van der Waals surface area contributed by atoms with Gasteiger partial charge in [-0.25, -0.2) is 0 Å². The number of aromatic nitrogens is 2. The first-order valence-electron chi connectivity index (χ1n) is 5.61. The van der Waals surface area contributed by atoms with Crippen molar-refractivity contribution in [3.63, 3.8) is 0 Å². The lowest BCUT2D eigenvalue weighted by atomic mass is 10.2. The Morgan fingerprint density at radius 3 is 2.65 bits per heavy atom. The van der Waals surface area contributed by atoms with Crippen LogP contribution in [-0.2, 0) is 6.54 Å². The first-order chi connectivity index (χ1) is 8.20. The molecule has 0 spiro atoms. The molecule has 4 nitrogen and oxygen atoms in total. The van der Waals surface area contributed by atoms with E-state index in [1.54, 1.807) is 10.9 Å². The Kier molecular flexibility index (Phi) is 3.23. The average molecular weight is 229 g/mol. The molecule has 1 amide bonds. The van der Waals surface area contributed by atoms with E-state index in [0.29, 0.717) is 5.56 Å². The zero-order chi connectivity index (χ0) is 12.3. The highest BCUT2D eigenvalue weighted by molar-refractivity contribution is 6.04. The highest BCUT2D eigenvalue weighted by Gasteiger charge is 2.12. The van der Waals surface area contributed by atoms with Crippen LogP contribution in [0.25, 0.3) is 0 Å². The number of nitrogens with one attached hydrogen (secondary N) is 1. The smallest absolute Gasteiger partial charge is 0.259 e. The highest BCUT2D eigenvalue weighted by Crippen LogP contribution is 2.11. The highest BCUT2D eigenvalue weighted by atomic mass is 16.1. The van der Waals surface area contributed by atoms with Crippen LogP contribution in [-0.4, -0.2) is 15.7 Å². The van der Waals surface area contributed by atoms with Gasteiger partial charge in [-0.05, 0) is 26.0 Å². The molecule has 1 N–H and O–H groups in total. The summed E-state index contributed by atoms with van der Waals surface area (Å²) < 4.78 is 1.76. The van der Waals surface area contributed by atoms with Crippen LogP contribution < -0.4 is 5.32 Å². The average Bonchev–Trinajstić information content (AvgIpc) is 2.72. The quantitative estimate of drug-likeness (QED) is 0.878. The van der Waals surface area contributed by atoms with Crippen LogP contribution in [0, 0.1) is 6.92 Å². The topological polar surface area (TPSA) is 46.9 Å². The molecule has 0 fully saturated rings. The first kappa shape index (κ1) is 11.4. The lowest BCUT2D eigenvalue weighted by Crippen LogP contribution is -2.12. The van der Waals surface area contributed by atoms with Crippen LogP contribution in [0.3, 0.4) is 0 Å². The number of hydrogen-bond acceptors (Lipinski definition) is 2. The van der Waals surface area contributed by atoms with Crippen LogP contribution in [0.2, 0.25) is 0 Å². The Balaban J connectivity index is 2.17. The molecule has 0 aliphatic carbocycles. The molecule has 2 aromatic rings. The van der Waals surface area contributed by atoms with Crippen molar-refractivity contribution in [2.45, 2.75) is 20.4 Å². The summed E-state index contributed by atoms with van der Waals surface area (Å²) in [7, 11) is 0. The van der Waals surface area contributed by atoms with Crippen molar-refractivity contribution in [2.24, 2.45) is 0 Å². The molecule has 1 aromatic carbocycles. The van der Waals surface area contributed by atoms with Gasteiger partial charge in [-0.2, -0.15) is 5.10 Å². The molecule has 0 unspecified atom stereocenters. The number of para-hydroxylation sites is 1. The Bertz CT molecular complexity index is 517. The van der Waals surface area contributed by atoms with Crippen molar-refractivity contribution in [1.82, 2.24) is 9.78 Å². The third kappa shape index (κ3) is 2.53. The van der Waals surface area contributed by atoms with E-state index in [0.717, 1.165) is 17.9 Å². The number of aryl methyl sites for hydroxylation is 2. The fraction of sp³-hybridized carbons (Fsp3) is 0.231. The second-order valence-electron chi connectivity index (χ2n) is 3.80. The van der Waals surface area contributed by atoms with E-state index in [9.17, 15) is 4.79 Å². The van der Waals surface area contributed by atoms with Gasteiger partial charge in [0.1, 0.15) is 0 Å². The number of nitrogens with zero attached hydrogens (tertiary/aromatic N) is 2. The molecule has 2 rings (SSSR count). The van der Waals surface area contributed by atoms with E-state index in [-0.39, 0.29) is 5.91 Å². The molecule has 0 aliphatic heterocycles. The van der Waals surface area contributed by atoms with Gasteiger partial charge in [0, 0.05) is 18.4 Å². The Hall–Kier alpha value is -2.10. The minimum atomic E-state index is -0.117. The number of anilines is 1. The van der Waals surface area contributed by atoms with Gasteiger partial charge in [0.2, 0.25) is 0 Å². The van der Waals surface area contributed by atoms with E-state index in [1.165, 1.54) is 0 Å². The number of rotatable bonds is 3. The summed E-state index contributed by atoms with van der Waals surface area (Å²) in [5.41, 5.74) is 2.16. The van der Waals surface area contributed by atoms with Gasteiger partial charge in [0.05, 0.1) is 11.3 Å². The van der Waals surface area contributed by atoms with Gasteiger partial charge in [-0.15, -0.1) is 0 Å². The first-order valence-corrected chi connectivity index (χ1v) is 5.61. The molecular weight excluding hydrogens is 214 g/mol. The van der Waals surface area contributed by atoms with E-state index in [4.69, 9.17) is 0 Å². The number of carbonyl (C=O) groups excluding carboxylic acids is 1. The third-order valence-corrected chi connectivity index (χ3v) is 2.55. The lowest BCUT2D eigenvalue weighted by molar-refractivity contribution is 0.102. The van der Waals surface area contributed by atoms with Crippen molar-refractivity contribution in [1.29, 1.82) is 0 Å². The molecule has 0 radical (unpaired) electrons. The molecule has 0 saturated carbocycles. The maximum absolute atomic E-state index is 12.0. The lowest BCUT2D eigenvalue weighted by Gasteiger charge is -2.03. The molecule has 0 aliphatic rings. The van der Waals surface area contributed by atoms with Crippen LogP contribution in [0.1, 0.15) is 23.0 Å². The molecule has 0 bridgehead atoms. The molecule has 1 heterocycles. The van der Waals surface area contributed by atoms with E-state index in [1.807, 2.05) is 44.2 Å². The minimum Gasteiger partial charge on any atom is -0.322 e. The Morgan fingerprint density at radius 1 is 1.35 bits per heavy atom. The van der Waals surface area contributed by atoms with Gasteiger partial charge in [-0.3, -0.25) is 9.48 Å². The molecule has 88 valence electrons. The van der Waals surface area contributed by atoms with Crippen molar-refractivity contribution in [2.75, 3.05) is 5.32 Å². The largest absolute Gasteiger partial charge is 0.322 e. The Morgan fingerprint density at radius 2 is 2.06 bits per heavy atom. The zero-order valence-electron chi connectivity index (χ0n) is 9.97. The molecule has 1 aromatic heterocycles. The summed E-state index contributed by atoms with van der Waals surface area (Å²) in [5.74, 6) is -0.117.